The number of Topliss-reactive ketones (excluding diaryl/α,β-unsaturated/α-hetero) is 2. The van der Waals surface area contributed by atoms with E-state index in [0.29, 0.717) is 29.9 Å². The Hall–Kier alpha value is -1.66. The van der Waals surface area contributed by atoms with Crippen LogP contribution in [0.15, 0.2) is 22.7 Å². The van der Waals surface area contributed by atoms with Gasteiger partial charge >= 0.3 is 0 Å². The zero-order valence-electron chi connectivity index (χ0n) is 22.1. The van der Waals surface area contributed by atoms with Crippen LogP contribution in [0.1, 0.15) is 89.9 Å². The van der Waals surface area contributed by atoms with Crippen LogP contribution in [0.4, 0.5) is 0 Å². The number of rotatable bonds is 12. The van der Waals surface area contributed by atoms with Gasteiger partial charge in [-0.3, -0.25) is 9.59 Å². The normalized spacial score (nSPS) is 23.4. The number of piperidine rings is 2. The lowest BCUT2D eigenvalue weighted by Crippen LogP contribution is -2.46. The second-order valence-corrected chi connectivity index (χ2v) is 11.0. The Kier molecular flexibility index (Phi) is 9.84. The summed E-state index contributed by atoms with van der Waals surface area (Å²) in [5, 5.41) is 0. The molecule has 2 aliphatic carbocycles. The van der Waals surface area contributed by atoms with Gasteiger partial charge in [-0.2, -0.15) is 0 Å². The molecule has 0 amide bonds. The van der Waals surface area contributed by atoms with Crippen LogP contribution in [-0.2, 0) is 19.1 Å². The Morgan fingerprint density at radius 2 is 1.26 bits per heavy atom. The molecule has 196 valence electrons. The highest BCUT2D eigenvalue weighted by Gasteiger charge is 2.41. The van der Waals surface area contributed by atoms with Crippen molar-refractivity contribution in [2.24, 2.45) is 5.92 Å². The molecule has 0 unspecified atom stereocenters. The molecule has 2 saturated heterocycles. The quantitative estimate of drug-likeness (QED) is 0.285. The van der Waals surface area contributed by atoms with Crippen molar-refractivity contribution in [2.45, 2.75) is 95.9 Å². The second kappa shape index (κ2) is 13.0. The molecule has 0 aromatic heterocycles. The van der Waals surface area contributed by atoms with Gasteiger partial charge in [0.2, 0.25) is 23.1 Å². The molecule has 6 heteroatoms. The number of carbonyl (C=O) groups excluding carboxylic acids is 2. The predicted octanol–water partition coefficient (Wildman–Crippen LogP) is 5.03. The maximum absolute atomic E-state index is 12.7. The molecule has 0 bridgehead atoms. The first-order valence-electron chi connectivity index (χ1n) is 14.2. The fraction of sp³-hybridized carbons (Fsp3) is 0.793. The van der Waals surface area contributed by atoms with E-state index in [2.05, 4.69) is 9.80 Å². The van der Waals surface area contributed by atoms with E-state index in [1.165, 1.54) is 118 Å². The standard InChI is InChI=1S/C29H46N2O4/c1-34-28-26(32)24-20-22(21-25(24)27(33)29(28)35-2)12-8-5-3-4-6-9-15-30-18-13-23(14-19-30)31-16-10-7-11-17-31/h22-23H,3-21H2,1-2H3. The van der Waals surface area contributed by atoms with Crippen molar-refractivity contribution in [3.63, 3.8) is 0 Å². The van der Waals surface area contributed by atoms with Crippen LogP contribution in [0.2, 0.25) is 0 Å². The molecule has 4 aliphatic rings. The number of hydrogen-bond donors (Lipinski definition) is 0. The van der Waals surface area contributed by atoms with Crippen LogP contribution in [0.5, 0.6) is 0 Å². The van der Waals surface area contributed by atoms with E-state index in [-0.39, 0.29) is 23.1 Å². The van der Waals surface area contributed by atoms with Crippen LogP contribution in [0.3, 0.4) is 0 Å². The van der Waals surface area contributed by atoms with Gasteiger partial charge in [0.05, 0.1) is 14.2 Å². The fourth-order valence-corrected chi connectivity index (χ4v) is 6.68. The zero-order valence-corrected chi connectivity index (χ0v) is 22.1. The van der Waals surface area contributed by atoms with E-state index in [9.17, 15) is 9.59 Å². The van der Waals surface area contributed by atoms with E-state index < -0.39 is 0 Å². The van der Waals surface area contributed by atoms with Gasteiger partial charge in [-0.1, -0.05) is 38.5 Å². The van der Waals surface area contributed by atoms with E-state index >= 15 is 0 Å². The van der Waals surface area contributed by atoms with Crippen LogP contribution in [-0.4, -0.2) is 74.4 Å². The van der Waals surface area contributed by atoms with Gasteiger partial charge in [0, 0.05) is 17.2 Å². The predicted molar refractivity (Wildman–Crippen MR) is 138 cm³/mol. The molecular formula is C29H46N2O4. The minimum Gasteiger partial charge on any atom is -0.489 e. The molecule has 0 aromatic carbocycles. The van der Waals surface area contributed by atoms with Crippen molar-refractivity contribution in [1.82, 2.24) is 9.80 Å². The highest BCUT2D eigenvalue weighted by Crippen LogP contribution is 2.41. The molecule has 0 radical (unpaired) electrons. The number of nitrogens with zero attached hydrogens (tertiary/aromatic N) is 2. The second-order valence-electron chi connectivity index (χ2n) is 11.0. The summed E-state index contributed by atoms with van der Waals surface area (Å²) in [7, 11) is 2.85. The monoisotopic (exact) mass is 486 g/mol. The van der Waals surface area contributed by atoms with Gasteiger partial charge < -0.3 is 19.3 Å². The summed E-state index contributed by atoms with van der Waals surface area (Å²) in [4.78, 5) is 30.9. The molecule has 2 fully saturated rings. The maximum atomic E-state index is 12.7. The molecule has 0 atom stereocenters. The van der Waals surface area contributed by atoms with E-state index in [1.807, 2.05) is 0 Å². The van der Waals surface area contributed by atoms with Crippen molar-refractivity contribution in [1.29, 1.82) is 0 Å². The van der Waals surface area contributed by atoms with Crippen LogP contribution in [0, 0.1) is 5.92 Å². The van der Waals surface area contributed by atoms with Gasteiger partial charge in [-0.25, -0.2) is 0 Å². The Morgan fingerprint density at radius 3 is 1.83 bits per heavy atom. The molecule has 4 rings (SSSR count). The maximum Gasteiger partial charge on any atom is 0.228 e. The Morgan fingerprint density at radius 1 is 0.714 bits per heavy atom. The summed E-state index contributed by atoms with van der Waals surface area (Å²) in [6.45, 7) is 6.52. The van der Waals surface area contributed by atoms with Gasteiger partial charge in [0.15, 0.2) is 0 Å². The van der Waals surface area contributed by atoms with Crippen molar-refractivity contribution in [3.05, 3.63) is 22.7 Å². The number of methoxy groups -OCH3 is 2. The van der Waals surface area contributed by atoms with Crippen molar-refractivity contribution in [2.75, 3.05) is 46.9 Å². The number of allylic oxidation sites excluding steroid dienone is 2. The number of carbonyl (C=O) groups is 2. The average molecular weight is 487 g/mol. The van der Waals surface area contributed by atoms with Crippen LogP contribution in [0.25, 0.3) is 0 Å². The Bertz CT molecular complexity index is 765. The van der Waals surface area contributed by atoms with Crippen molar-refractivity contribution >= 4 is 11.6 Å². The third kappa shape index (κ3) is 6.56. The Labute approximate surface area is 212 Å². The zero-order chi connectivity index (χ0) is 24.6. The molecule has 0 saturated carbocycles. The Balaban J connectivity index is 1.03. The first-order chi connectivity index (χ1) is 17.1. The minimum absolute atomic E-state index is 0.0725. The lowest BCUT2D eigenvalue weighted by molar-refractivity contribution is -0.121. The van der Waals surface area contributed by atoms with E-state index in [1.54, 1.807) is 0 Å². The number of hydrogen-bond acceptors (Lipinski definition) is 6. The van der Waals surface area contributed by atoms with Gasteiger partial charge in [-0.05, 0) is 90.0 Å². The third-order valence-corrected chi connectivity index (χ3v) is 8.73. The molecule has 0 N–H and O–H groups in total. The number of unbranched alkanes of at least 4 members (excludes halogenated alkanes) is 5. The highest BCUT2D eigenvalue weighted by atomic mass is 16.5. The average Bonchev–Trinajstić information content (AvgIpc) is 3.33. The first-order valence-corrected chi connectivity index (χ1v) is 14.2. The van der Waals surface area contributed by atoms with E-state index in [0.717, 1.165) is 12.5 Å². The fourth-order valence-electron chi connectivity index (χ4n) is 6.68. The minimum atomic E-state index is -0.155. The summed E-state index contributed by atoms with van der Waals surface area (Å²) < 4.78 is 10.4. The number of ketones is 2. The van der Waals surface area contributed by atoms with Crippen LogP contribution < -0.4 is 0 Å². The van der Waals surface area contributed by atoms with E-state index in [4.69, 9.17) is 9.47 Å². The molecule has 35 heavy (non-hydrogen) atoms. The molecule has 6 nitrogen and oxygen atoms in total. The topological polar surface area (TPSA) is 59.1 Å². The molecule has 2 aliphatic heterocycles. The summed E-state index contributed by atoms with van der Waals surface area (Å²) in [6.07, 6.45) is 17.2. The molecule has 0 aromatic rings. The lowest BCUT2D eigenvalue weighted by atomic mass is 9.94. The number of likely N-dealkylation sites (tertiary alicyclic amines) is 2. The van der Waals surface area contributed by atoms with Gasteiger partial charge in [-0.15, -0.1) is 0 Å². The molecule has 0 spiro atoms. The summed E-state index contributed by atoms with van der Waals surface area (Å²) >= 11 is 0. The number of ether oxygens (including phenoxy) is 2. The molecule has 2 heterocycles. The molecular weight excluding hydrogens is 440 g/mol. The third-order valence-electron chi connectivity index (χ3n) is 8.73. The first kappa shape index (κ1) is 26.4. The van der Waals surface area contributed by atoms with Crippen molar-refractivity contribution in [3.8, 4) is 0 Å². The SMILES string of the molecule is COC1=C(OC)C(=O)C2=C(CC(CCCCCCCCN3CCC(N4CCCCC4)CC3)C2)C1=O. The summed E-state index contributed by atoms with van der Waals surface area (Å²) in [5.74, 6) is 0.232. The highest BCUT2D eigenvalue weighted by molar-refractivity contribution is 6.24. The van der Waals surface area contributed by atoms with Crippen LogP contribution >= 0.6 is 0 Å². The van der Waals surface area contributed by atoms with Gasteiger partial charge in [0.1, 0.15) is 0 Å². The summed E-state index contributed by atoms with van der Waals surface area (Å²) in [5.41, 5.74) is 1.33. The van der Waals surface area contributed by atoms with Crippen molar-refractivity contribution < 1.29 is 19.1 Å². The van der Waals surface area contributed by atoms with Gasteiger partial charge in [0.25, 0.3) is 0 Å². The largest absolute Gasteiger partial charge is 0.489 e. The smallest absolute Gasteiger partial charge is 0.228 e. The summed E-state index contributed by atoms with van der Waals surface area (Å²) in [6, 6.07) is 0.851. The lowest BCUT2D eigenvalue weighted by Gasteiger charge is -2.40.